The van der Waals surface area contributed by atoms with E-state index in [4.69, 9.17) is 0 Å². The fourth-order valence-corrected chi connectivity index (χ4v) is 3.45. The van der Waals surface area contributed by atoms with Crippen molar-refractivity contribution >= 4 is 21.8 Å². The second kappa shape index (κ2) is 7.10. The zero-order chi connectivity index (χ0) is 17.0. The molecule has 1 aromatic rings. The molecule has 0 bridgehead atoms. The van der Waals surface area contributed by atoms with E-state index in [9.17, 15) is 18.0 Å². The summed E-state index contributed by atoms with van der Waals surface area (Å²) < 4.78 is 25.9. The zero-order valence-corrected chi connectivity index (χ0v) is 14.0. The number of amides is 2. The van der Waals surface area contributed by atoms with E-state index in [0.29, 0.717) is 12.8 Å². The largest absolute Gasteiger partial charge is 0.353 e. The highest BCUT2D eigenvalue weighted by Gasteiger charge is 2.27. The molecule has 0 radical (unpaired) electrons. The smallest absolute Gasteiger partial charge is 0.242 e. The van der Waals surface area contributed by atoms with Crippen molar-refractivity contribution in [3.05, 3.63) is 29.8 Å². The summed E-state index contributed by atoms with van der Waals surface area (Å²) in [5.41, 5.74) is 0.984. The van der Waals surface area contributed by atoms with E-state index >= 15 is 0 Å². The lowest BCUT2D eigenvalue weighted by Crippen LogP contribution is -2.44. The average molecular weight is 339 g/mol. The minimum Gasteiger partial charge on any atom is -0.353 e. The molecular weight excluding hydrogens is 318 g/mol. The molecule has 1 atom stereocenters. The SMILES string of the molecule is Cc1ccc(S(=O)(=O)N(C)CCNC(=O)C2CCC(=O)N2)cc1. The van der Waals surface area contributed by atoms with Crippen molar-refractivity contribution in [2.45, 2.75) is 30.7 Å². The van der Waals surface area contributed by atoms with Crippen LogP contribution in [0.2, 0.25) is 0 Å². The van der Waals surface area contributed by atoms with Crippen molar-refractivity contribution in [1.29, 1.82) is 0 Å². The normalized spacial score (nSPS) is 18.0. The van der Waals surface area contributed by atoms with Gasteiger partial charge in [0.25, 0.3) is 0 Å². The fraction of sp³-hybridized carbons (Fsp3) is 0.467. The Hall–Kier alpha value is -1.93. The van der Waals surface area contributed by atoms with Gasteiger partial charge in [0.05, 0.1) is 4.90 Å². The van der Waals surface area contributed by atoms with Crippen LogP contribution in [0.1, 0.15) is 18.4 Å². The molecule has 1 saturated heterocycles. The number of likely N-dealkylation sites (N-methyl/N-ethyl adjacent to an activating group) is 1. The third-order valence-electron chi connectivity index (χ3n) is 3.77. The van der Waals surface area contributed by atoms with Gasteiger partial charge in [-0.3, -0.25) is 9.59 Å². The lowest BCUT2D eigenvalue weighted by atomic mass is 10.2. The molecule has 1 heterocycles. The molecule has 2 amide bonds. The molecule has 1 aliphatic rings. The number of nitrogens with one attached hydrogen (secondary N) is 2. The Kier molecular flexibility index (Phi) is 5.38. The molecule has 1 aliphatic heterocycles. The lowest BCUT2D eigenvalue weighted by molar-refractivity contribution is -0.125. The van der Waals surface area contributed by atoms with Crippen LogP contribution in [-0.2, 0) is 19.6 Å². The minimum atomic E-state index is -3.57. The maximum Gasteiger partial charge on any atom is 0.242 e. The summed E-state index contributed by atoms with van der Waals surface area (Å²) in [5, 5.41) is 5.22. The van der Waals surface area contributed by atoms with E-state index in [1.165, 1.54) is 11.4 Å². The maximum absolute atomic E-state index is 12.4. The zero-order valence-electron chi connectivity index (χ0n) is 13.2. The van der Waals surface area contributed by atoms with Crippen molar-refractivity contribution in [3.63, 3.8) is 0 Å². The van der Waals surface area contributed by atoms with Gasteiger partial charge in [0, 0.05) is 26.6 Å². The van der Waals surface area contributed by atoms with Crippen molar-refractivity contribution in [3.8, 4) is 0 Å². The third kappa shape index (κ3) is 4.29. The van der Waals surface area contributed by atoms with Gasteiger partial charge in [-0.25, -0.2) is 8.42 Å². The van der Waals surface area contributed by atoms with Crippen LogP contribution >= 0.6 is 0 Å². The van der Waals surface area contributed by atoms with Crippen molar-refractivity contribution < 1.29 is 18.0 Å². The summed E-state index contributed by atoms with van der Waals surface area (Å²) in [6.45, 7) is 2.23. The number of nitrogens with zero attached hydrogens (tertiary/aromatic N) is 1. The predicted octanol–water partition coefficient (Wildman–Crippen LogP) is 0.0103. The molecule has 8 heteroatoms. The molecule has 126 valence electrons. The Bertz CT molecular complexity index is 685. The Morgan fingerprint density at radius 2 is 2.00 bits per heavy atom. The monoisotopic (exact) mass is 339 g/mol. The van der Waals surface area contributed by atoms with Crippen molar-refractivity contribution in [1.82, 2.24) is 14.9 Å². The first kappa shape index (κ1) is 17.4. The molecule has 1 fully saturated rings. The predicted molar refractivity (Wildman–Crippen MR) is 85.2 cm³/mol. The summed E-state index contributed by atoms with van der Waals surface area (Å²) in [5.74, 6) is -0.416. The highest BCUT2D eigenvalue weighted by atomic mass is 32.2. The molecule has 23 heavy (non-hydrogen) atoms. The molecule has 0 aliphatic carbocycles. The van der Waals surface area contributed by atoms with Crippen LogP contribution in [0.4, 0.5) is 0 Å². The summed E-state index contributed by atoms with van der Waals surface area (Å²) in [6.07, 6.45) is 0.821. The van der Waals surface area contributed by atoms with E-state index < -0.39 is 16.1 Å². The molecule has 2 N–H and O–H groups in total. The van der Waals surface area contributed by atoms with Gasteiger partial charge >= 0.3 is 0 Å². The number of sulfonamides is 1. The van der Waals surface area contributed by atoms with Crippen LogP contribution in [0.15, 0.2) is 29.2 Å². The van der Waals surface area contributed by atoms with Gasteiger partial charge in [0.2, 0.25) is 21.8 Å². The summed E-state index contributed by atoms with van der Waals surface area (Å²) in [4.78, 5) is 23.1. The van der Waals surface area contributed by atoms with Crippen LogP contribution < -0.4 is 10.6 Å². The van der Waals surface area contributed by atoms with Gasteiger partial charge in [-0.2, -0.15) is 4.31 Å². The second-order valence-corrected chi connectivity index (χ2v) is 7.63. The van der Waals surface area contributed by atoms with E-state index in [1.54, 1.807) is 24.3 Å². The quantitative estimate of drug-likeness (QED) is 0.763. The molecular formula is C15H21N3O4S. The van der Waals surface area contributed by atoms with Gasteiger partial charge in [-0.15, -0.1) is 0 Å². The average Bonchev–Trinajstić information content (AvgIpc) is 2.94. The molecule has 1 unspecified atom stereocenters. The second-order valence-electron chi connectivity index (χ2n) is 5.59. The van der Waals surface area contributed by atoms with E-state index in [1.807, 2.05) is 6.92 Å². The first-order valence-corrected chi connectivity index (χ1v) is 8.85. The Morgan fingerprint density at radius 1 is 1.35 bits per heavy atom. The molecule has 0 saturated carbocycles. The summed E-state index contributed by atoms with van der Waals surface area (Å²) >= 11 is 0. The number of rotatable bonds is 6. The van der Waals surface area contributed by atoms with Gasteiger partial charge < -0.3 is 10.6 Å². The molecule has 7 nitrogen and oxygen atoms in total. The summed E-state index contributed by atoms with van der Waals surface area (Å²) in [7, 11) is -2.10. The topological polar surface area (TPSA) is 95.6 Å². The van der Waals surface area contributed by atoms with Gasteiger partial charge in [-0.05, 0) is 25.5 Å². The minimum absolute atomic E-state index is 0.135. The van der Waals surface area contributed by atoms with Crippen LogP contribution in [0.5, 0.6) is 0 Å². The number of benzene rings is 1. The molecule has 2 rings (SSSR count). The van der Waals surface area contributed by atoms with Gasteiger partial charge in [0.1, 0.15) is 6.04 Å². The number of carbonyl (C=O) groups excluding carboxylic acids is 2. The van der Waals surface area contributed by atoms with Crippen molar-refractivity contribution in [2.75, 3.05) is 20.1 Å². The first-order chi connectivity index (χ1) is 10.8. The Labute approximate surface area is 136 Å². The van der Waals surface area contributed by atoms with Crippen LogP contribution in [-0.4, -0.2) is 50.7 Å². The molecule has 1 aromatic carbocycles. The number of aryl methyl sites for hydroxylation is 1. The third-order valence-corrected chi connectivity index (χ3v) is 5.64. The van der Waals surface area contributed by atoms with E-state index in [-0.39, 0.29) is 29.8 Å². The number of hydrogen-bond donors (Lipinski definition) is 2. The van der Waals surface area contributed by atoms with Crippen LogP contribution in [0, 0.1) is 6.92 Å². The highest BCUT2D eigenvalue weighted by molar-refractivity contribution is 7.89. The first-order valence-electron chi connectivity index (χ1n) is 7.41. The lowest BCUT2D eigenvalue weighted by Gasteiger charge is -2.18. The number of carbonyl (C=O) groups is 2. The summed E-state index contributed by atoms with van der Waals surface area (Å²) in [6, 6.07) is 6.10. The van der Waals surface area contributed by atoms with Gasteiger partial charge in [-0.1, -0.05) is 17.7 Å². The van der Waals surface area contributed by atoms with Crippen molar-refractivity contribution in [2.24, 2.45) is 0 Å². The van der Waals surface area contributed by atoms with E-state index in [0.717, 1.165) is 5.56 Å². The Morgan fingerprint density at radius 3 is 2.57 bits per heavy atom. The standard InChI is InChI=1S/C15H21N3O4S/c1-11-3-5-12(6-4-11)23(21,22)18(2)10-9-16-15(20)13-7-8-14(19)17-13/h3-6,13H,7-10H2,1-2H3,(H,16,20)(H,17,19). The van der Waals surface area contributed by atoms with Crippen LogP contribution in [0.25, 0.3) is 0 Å². The van der Waals surface area contributed by atoms with Crippen LogP contribution in [0.3, 0.4) is 0 Å². The van der Waals surface area contributed by atoms with Gasteiger partial charge in [0.15, 0.2) is 0 Å². The highest BCUT2D eigenvalue weighted by Crippen LogP contribution is 2.14. The Balaban J connectivity index is 1.86. The number of hydrogen-bond acceptors (Lipinski definition) is 4. The molecule has 0 aromatic heterocycles. The maximum atomic E-state index is 12.4. The van der Waals surface area contributed by atoms with E-state index in [2.05, 4.69) is 10.6 Å². The fourth-order valence-electron chi connectivity index (χ4n) is 2.28. The molecule has 0 spiro atoms.